The topological polar surface area (TPSA) is 112 Å². The maximum absolute atomic E-state index is 13.3. The van der Waals surface area contributed by atoms with Crippen molar-refractivity contribution in [3.63, 3.8) is 0 Å². The molecule has 1 amide bonds. The molecular weight excluding hydrogens is 495 g/mol. The molecule has 3 rings (SSSR count). The Morgan fingerprint density at radius 3 is 2.35 bits per heavy atom. The van der Waals surface area contributed by atoms with Crippen molar-refractivity contribution >= 4 is 44.4 Å². The molecule has 0 aliphatic heterocycles. The minimum atomic E-state index is -3.48. The highest BCUT2D eigenvalue weighted by Gasteiger charge is 2.31. The SMILES string of the molecule is CCOP(=O)(OCC)c1cnc(NC(=O)[C@H](CCC2CCCC2)c2ccc(S(C)(=O)=O)cc2)s1. The van der Waals surface area contributed by atoms with E-state index in [4.69, 9.17) is 9.05 Å². The normalized spacial score (nSPS) is 16.0. The number of nitrogens with one attached hydrogen (secondary N) is 1. The summed E-state index contributed by atoms with van der Waals surface area (Å²) in [6.45, 7) is 3.92. The second-order valence-electron chi connectivity index (χ2n) is 8.45. The molecule has 8 nitrogen and oxygen atoms in total. The third-order valence-electron chi connectivity index (χ3n) is 5.96. The van der Waals surface area contributed by atoms with E-state index in [1.54, 1.807) is 38.1 Å². The number of carbonyl (C=O) groups is 1. The molecule has 0 saturated heterocycles. The quantitative estimate of drug-likeness (QED) is 0.380. The zero-order valence-electron chi connectivity index (χ0n) is 19.9. The minimum absolute atomic E-state index is 0.221. The number of aromatic nitrogens is 1. The summed E-state index contributed by atoms with van der Waals surface area (Å²) >= 11 is 1.07. The second-order valence-corrected chi connectivity index (χ2v) is 13.8. The number of rotatable bonds is 12. The molecule has 1 fully saturated rings. The summed E-state index contributed by atoms with van der Waals surface area (Å²) in [5.74, 6) is -0.0684. The number of amides is 1. The monoisotopic (exact) mass is 528 g/mol. The lowest BCUT2D eigenvalue weighted by molar-refractivity contribution is -0.117. The van der Waals surface area contributed by atoms with Gasteiger partial charge in [-0.2, -0.15) is 0 Å². The predicted molar refractivity (Wildman–Crippen MR) is 135 cm³/mol. The first-order valence-electron chi connectivity index (χ1n) is 11.6. The average molecular weight is 529 g/mol. The van der Waals surface area contributed by atoms with Gasteiger partial charge in [-0.15, -0.1) is 0 Å². The Balaban J connectivity index is 1.79. The number of thiazole rings is 1. The largest absolute Gasteiger partial charge is 0.372 e. The van der Waals surface area contributed by atoms with E-state index in [0.717, 1.165) is 29.6 Å². The summed E-state index contributed by atoms with van der Waals surface area (Å²) in [4.78, 5) is 17.8. The first-order chi connectivity index (χ1) is 16.2. The fourth-order valence-electron chi connectivity index (χ4n) is 4.24. The summed E-state index contributed by atoms with van der Waals surface area (Å²) in [6.07, 6.45) is 8.99. The molecule has 1 N–H and O–H groups in total. The van der Waals surface area contributed by atoms with Crippen molar-refractivity contribution in [2.24, 2.45) is 5.92 Å². The van der Waals surface area contributed by atoms with Gasteiger partial charge >= 0.3 is 7.60 Å². The number of carbonyl (C=O) groups excluding carboxylic acids is 1. The van der Waals surface area contributed by atoms with Crippen LogP contribution in [-0.2, 0) is 28.2 Å². The number of sulfone groups is 1. The van der Waals surface area contributed by atoms with Crippen LogP contribution in [0.2, 0.25) is 0 Å². The maximum Gasteiger partial charge on any atom is 0.372 e. The number of nitrogens with zero attached hydrogens (tertiary/aromatic N) is 1. The first kappa shape index (κ1) is 27.0. The highest BCUT2D eigenvalue weighted by molar-refractivity contribution is 7.90. The van der Waals surface area contributed by atoms with Gasteiger partial charge in [0.25, 0.3) is 0 Å². The molecule has 1 aliphatic carbocycles. The van der Waals surface area contributed by atoms with E-state index in [0.29, 0.717) is 22.1 Å². The van der Waals surface area contributed by atoms with Gasteiger partial charge in [0, 0.05) is 6.26 Å². The van der Waals surface area contributed by atoms with Crippen LogP contribution >= 0.6 is 18.9 Å². The van der Waals surface area contributed by atoms with Crippen LogP contribution in [0.25, 0.3) is 0 Å². The number of benzene rings is 1. The fourth-order valence-corrected chi connectivity index (χ4v) is 7.67. The van der Waals surface area contributed by atoms with Crippen molar-refractivity contribution in [1.82, 2.24) is 4.98 Å². The van der Waals surface area contributed by atoms with E-state index in [2.05, 4.69) is 10.3 Å². The zero-order chi connectivity index (χ0) is 24.8. The van der Waals surface area contributed by atoms with Crippen molar-refractivity contribution in [1.29, 1.82) is 0 Å². The molecule has 1 aromatic heterocycles. The standard InChI is InChI=1S/C23H33N2O6PS2/c1-4-30-32(27,31-5-2)21-16-24-23(33-21)25-22(26)20(15-10-17-8-6-7-9-17)18-11-13-19(14-12-18)34(3,28)29/h11-14,16-17,20H,4-10,15H2,1-3H3,(H,24,25,26)/t20-/m1/s1. The summed E-state index contributed by atoms with van der Waals surface area (Å²) in [5, 5.41) is 3.17. The van der Waals surface area contributed by atoms with Crippen molar-refractivity contribution in [2.75, 3.05) is 24.8 Å². The van der Waals surface area contributed by atoms with E-state index in [1.165, 1.54) is 31.9 Å². The Labute approximate surface area is 205 Å². The van der Waals surface area contributed by atoms with Crippen LogP contribution in [-0.4, -0.2) is 38.8 Å². The Hall–Kier alpha value is -1.58. The summed E-state index contributed by atoms with van der Waals surface area (Å²) < 4.78 is 47.7. The van der Waals surface area contributed by atoms with Crippen LogP contribution < -0.4 is 9.94 Å². The third kappa shape index (κ3) is 6.98. The fraction of sp³-hybridized carbons (Fsp3) is 0.565. The first-order valence-corrected chi connectivity index (χ1v) is 15.9. The molecule has 0 radical (unpaired) electrons. The van der Waals surface area contributed by atoms with Crippen molar-refractivity contribution in [2.45, 2.75) is 63.2 Å². The molecule has 0 bridgehead atoms. The molecule has 1 heterocycles. The zero-order valence-corrected chi connectivity index (χ0v) is 22.4. The summed E-state index contributed by atoms with van der Waals surface area (Å²) in [5.41, 5.74) is 0.758. The lowest BCUT2D eigenvalue weighted by Gasteiger charge is -2.19. The smallest absolute Gasteiger partial charge is 0.305 e. The molecule has 1 saturated carbocycles. The van der Waals surface area contributed by atoms with Gasteiger partial charge in [-0.25, -0.2) is 13.4 Å². The minimum Gasteiger partial charge on any atom is -0.305 e. The highest BCUT2D eigenvalue weighted by atomic mass is 32.2. The van der Waals surface area contributed by atoms with Crippen molar-refractivity contribution < 1.29 is 26.8 Å². The van der Waals surface area contributed by atoms with E-state index in [9.17, 15) is 17.8 Å². The predicted octanol–water partition coefficient (Wildman–Crippen LogP) is 5.13. The molecular formula is C23H33N2O6PS2. The van der Waals surface area contributed by atoms with E-state index in [-0.39, 0.29) is 24.0 Å². The van der Waals surface area contributed by atoms with Gasteiger partial charge in [0.2, 0.25) is 5.91 Å². The number of hydrogen-bond donors (Lipinski definition) is 1. The van der Waals surface area contributed by atoms with Gasteiger partial charge in [-0.3, -0.25) is 9.36 Å². The van der Waals surface area contributed by atoms with Crippen LogP contribution in [0, 0.1) is 5.92 Å². The van der Waals surface area contributed by atoms with Crippen LogP contribution in [0.4, 0.5) is 5.13 Å². The van der Waals surface area contributed by atoms with Crippen LogP contribution in [0.1, 0.15) is 63.9 Å². The highest BCUT2D eigenvalue weighted by Crippen LogP contribution is 2.48. The Morgan fingerprint density at radius 2 is 1.79 bits per heavy atom. The molecule has 0 unspecified atom stereocenters. The average Bonchev–Trinajstić information content (AvgIpc) is 3.46. The van der Waals surface area contributed by atoms with E-state index < -0.39 is 23.4 Å². The summed E-state index contributed by atoms with van der Waals surface area (Å²) in [7, 11) is -6.80. The van der Waals surface area contributed by atoms with E-state index in [1.807, 2.05) is 0 Å². The molecule has 188 valence electrons. The number of anilines is 1. The van der Waals surface area contributed by atoms with Gasteiger partial charge in [-0.1, -0.05) is 49.2 Å². The van der Waals surface area contributed by atoms with E-state index >= 15 is 0 Å². The lowest BCUT2D eigenvalue weighted by Crippen LogP contribution is -2.22. The molecule has 1 aliphatic rings. The molecule has 34 heavy (non-hydrogen) atoms. The maximum atomic E-state index is 13.3. The molecule has 2 aromatic rings. The van der Waals surface area contributed by atoms with Crippen LogP contribution in [0.3, 0.4) is 0 Å². The van der Waals surface area contributed by atoms with Crippen molar-refractivity contribution in [3.8, 4) is 0 Å². The van der Waals surface area contributed by atoms with Gasteiger partial charge in [-0.05, 0) is 50.3 Å². The van der Waals surface area contributed by atoms with Gasteiger partial charge in [0.05, 0.1) is 30.2 Å². The molecule has 1 aromatic carbocycles. The van der Waals surface area contributed by atoms with Gasteiger partial charge < -0.3 is 14.4 Å². The number of hydrogen-bond acceptors (Lipinski definition) is 8. The molecule has 0 spiro atoms. The van der Waals surface area contributed by atoms with Gasteiger partial charge in [0.15, 0.2) is 15.0 Å². The van der Waals surface area contributed by atoms with Crippen LogP contribution in [0.5, 0.6) is 0 Å². The van der Waals surface area contributed by atoms with Crippen molar-refractivity contribution in [3.05, 3.63) is 36.0 Å². The van der Waals surface area contributed by atoms with Gasteiger partial charge in [0.1, 0.15) is 4.62 Å². The second kappa shape index (κ2) is 11.9. The Bertz CT molecular complexity index is 1100. The molecule has 1 atom stereocenters. The lowest BCUT2D eigenvalue weighted by atomic mass is 9.89. The Morgan fingerprint density at radius 1 is 1.18 bits per heavy atom. The Kier molecular flexibility index (Phi) is 9.46. The molecule has 11 heteroatoms. The third-order valence-corrected chi connectivity index (χ3v) is 10.6. The van der Waals surface area contributed by atoms with Crippen LogP contribution in [0.15, 0.2) is 35.4 Å². The summed E-state index contributed by atoms with van der Waals surface area (Å²) in [6, 6.07) is 6.51.